The minimum absolute atomic E-state index is 0.0379. The molecule has 2 amide bonds. The molecule has 5 N–H and O–H groups in total. The molecule has 0 aliphatic carbocycles. The van der Waals surface area contributed by atoms with Crippen molar-refractivity contribution >= 4 is 44.9 Å². The van der Waals surface area contributed by atoms with Crippen LogP contribution in [-0.4, -0.2) is 42.7 Å². The first-order chi connectivity index (χ1) is 17.7. The average Bonchev–Trinajstić information content (AvgIpc) is 2.86. The number of hydrogen-bond donors (Lipinski definition) is 4. The minimum Gasteiger partial charge on any atom is -0.494 e. The second kappa shape index (κ2) is 10.7. The third kappa shape index (κ3) is 5.54. The molecule has 0 aliphatic rings. The van der Waals surface area contributed by atoms with Gasteiger partial charge in [-0.2, -0.15) is 0 Å². The maximum absolute atomic E-state index is 13.8. The number of hydrogen-bond acceptors (Lipinski definition) is 6. The molecular formula is C27H27FN4O5. The van der Waals surface area contributed by atoms with Crippen molar-refractivity contribution in [2.45, 2.75) is 26.0 Å². The predicted octanol–water partition coefficient (Wildman–Crippen LogP) is 3.77. The highest BCUT2D eigenvalue weighted by atomic mass is 19.1. The van der Waals surface area contributed by atoms with Gasteiger partial charge in [-0.05, 0) is 55.6 Å². The van der Waals surface area contributed by atoms with Gasteiger partial charge in [0.05, 0.1) is 30.9 Å². The number of carbonyl (C=O) groups excluding carboxylic acids is 2. The Kier molecular flexibility index (Phi) is 7.40. The van der Waals surface area contributed by atoms with E-state index in [1.807, 2.05) is 13.8 Å². The lowest BCUT2D eigenvalue weighted by molar-refractivity contribution is -0.118. The van der Waals surface area contributed by atoms with Crippen molar-refractivity contribution in [2.75, 3.05) is 24.4 Å². The Morgan fingerprint density at radius 3 is 2.49 bits per heavy atom. The molecule has 0 aliphatic heterocycles. The molecule has 0 spiro atoms. The van der Waals surface area contributed by atoms with E-state index >= 15 is 0 Å². The SMILES string of the molecule is COc1cc(N[C@@H](COC(C)C)C(=O)Nc2ccc3c(=O)[nH]c4c(C(N)=O)cccc4c3c2)ccc1F. The van der Waals surface area contributed by atoms with E-state index in [0.29, 0.717) is 33.1 Å². The quantitative estimate of drug-likeness (QED) is 0.255. The summed E-state index contributed by atoms with van der Waals surface area (Å²) in [5.41, 5.74) is 6.51. The van der Waals surface area contributed by atoms with Gasteiger partial charge in [-0.3, -0.25) is 14.4 Å². The number of primary amides is 1. The van der Waals surface area contributed by atoms with Gasteiger partial charge in [-0.1, -0.05) is 12.1 Å². The van der Waals surface area contributed by atoms with E-state index in [9.17, 15) is 18.8 Å². The lowest BCUT2D eigenvalue weighted by Gasteiger charge is -2.21. The van der Waals surface area contributed by atoms with Crippen LogP contribution in [0.25, 0.3) is 21.7 Å². The third-order valence-electron chi connectivity index (χ3n) is 5.80. The molecule has 37 heavy (non-hydrogen) atoms. The Morgan fingerprint density at radius 2 is 1.78 bits per heavy atom. The summed E-state index contributed by atoms with van der Waals surface area (Å²) in [6, 6.07) is 13.2. The first-order valence-electron chi connectivity index (χ1n) is 11.6. The first-order valence-corrected chi connectivity index (χ1v) is 11.6. The molecule has 1 aromatic heterocycles. The number of carbonyl (C=O) groups is 2. The van der Waals surface area contributed by atoms with E-state index in [4.69, 9.17) is 15.2 Å². The van der Waals surface area contributed by atoms with Gasteiger partial charge in [-0.25, -0.2) is 4.39 Å². The number of ether oxygens (including phenoxy) is 2. The molecule has 9 nitrogen and oxygen atoms in total. The van der Waals surface area contributed by atoms with Crippen LogP contribution in [0.5, 0.6) is 5.75 Å². The number of anilines is 2. The molecule has 0 unspecified atom stereocenters. The number of aromatic nitrogens is 1. The number of H-pyrrole nitrogens is 1. The molecule has 0 saturated heterocycles. The molecule has 0 bridgehead atoms. The minimum atomic E-state index is -0.828. The summed E-state index contributed by atoms with van der Waals surface area (Å²) >= 11 is 0. The maximum atomic E-state index is 13.8. The molecular weight excluding hydrogens is 479 g/mol. The second-order valence-electron chi connectivity index (χ2n) is 8.72. The zero-order valence-electron chi connectivity index (χ0n) is 20.6. The summed E-state index contributed by atoms with van der Waals surface area (Å²) in [6.07, 6.45) is -0.127. The Balaban J connectivity index is 1.68. The molecule has 4 aromatic rings. The average molecular weight is 507 g/mol. The lowest BCUT2D eigenvalue weighted by atomic mass is 10.0. The standard InChI is InChI=1S/C27H27FN4O5/c1-14(2)37-13-22(30-16-8-10-21(28)23(12-16)36-3)27(35)31-15-7-9-18-20(11-15)17-5-4-6-19(25(29)33)24(17)32-26(18)34/h4-12,14,22,30H,13H2,1-3H3,(H2,29,33)(H,31,35)(H,32,34)/t22-/m0/s1. The first kappa shape index (κ1) is 25.6. The molecule has 1 heterocycles. The summed E-state index contributed by atoms with van der Waals surface area (Å²) in [7, 11) is 1.36. The molecule has 4 rings (SSSR count). The Morgan fingerprint density at radius 1 is 1.03 bits per heavy atom. The molecule has 0 radical (unpaired) electrons. The number of fused-ring (bicyclic) bond motifs is 3. The van der Waals surface area contributed by atoms with Gasteiger partial charge in [0.2, 0.25) is 5.91 Å². The van der Waals surface area contributed by atoms with E-state index in [-0.39, 0.29) is 29.6 Å². The maximum Gasteiger partial charge on any atom is 0.256 e. The van der Waals surface area contributed by atoms with Gasteiger partial charge < -0.3 is 30.8 Å². The number of aromatic amines is 1. The number of amides is 2. The normalized spacial score (nSPS) is 12.0. The van der Waals surface area contributed by atoms with Crippen LogP contribution in [0.3, 0.4) is 0 Å². The van der Waals surface area contributed by atoms with Crippen LogP contribution < -0.4 is 26.7 Å². The van der Waals surface area contributed by atoms with Gasteiger partial charge in [0.1, 0.15) is 6.04 Å². The summed E-state index contributed by atoms with van der Waals surface area (Å²) in [5, 5.41) is 7.46. The Bertz CT molecular complexity index is 1550. The van der Waals surface area contributed by atoms with E-state index in [1.54, 1.807) is 30.3 Å². The van der Waals surface area contributed by atoms with Crippen molar-refractivity contribution in [1.29, 1.82) is 0 Å². The third-order valence-corrected chi connectivity index (χ3v) is 5.80. The van der Waals surface area contributed by atoms with E-state index in [2.05, 4.69) is 15.6 Å². The zero-order chi connectivity index (χ0) is 26.7. The molecule has 10 heteroatoms. The van der Waals surface area contributed by atoms with Crippen LogP contribution >= 0.6 is 0 Å². The fourth-order valence-electron chi connectivity index (χ4n) is 3.99. The van der Waals surface area contributed by atoms with Crippen molar-refractivity contribution < 1.29 is 23.5 Å². The summed E-state index contributed by atoms with van der Waals surface area (Å²) in [5.74, 6) is -1.56. The van der Waals surface area contributed by atoms with Crippen LogP contribution in [0, 0.1) is 5.82 Å². The molecule has 192 valence electrons. The Labute approximate surface area is 211 Å². The van der Waals surface area contributed by atoms with E-state index < -0.39 is 23.7 Å². The van der Waals surface area contributed by atoms with Gasteiger partial charge in [0, 0.05) is 28.2 Å². The molecule has 0 saturated carbocycles. The number of pyridine rings is 1. The van der Waals surface area contributed by atoms with Gasteiger partial charge in [-0.15, -0.1) is 0 Å². The van der Waals surface area contributed by atoms with E-state index in [0.717, 1.165) is 0 Å². The zero-order valence-corrected chi connectivity index (χ0v) is 20.6. The van der Waals surface area contributed by atoms with E-state index in [1.165, 1.54) is 31.4 Å². The fraction of sp³-hybridized carbons (Fsp3) is 0.222. The summed E-state index contributed by atoms with van der Waals surface area (Å²) in [4.78, 5) is 40.5. The van der Waals surface area contributed by atoms with Gasteiger partial charge in [0.15, 0.2) is 11.6 Å². The van der Waals surface area contributed by atoms with Crippen molar-refractivity contribution in [2.24, 2.45) is 5.73 Å². The monoisotopic (exact) mass is 506 g/mol. The van der Waals surface area contributed by atoms with Crippen molar-refractivity contribution in [3.63, 3.8) is 0 Å². The molecule has 1 atom stereocenters. The lowest BCUT2D eigenvalue weighted by Crippen LogP contribution is -2.39. The highest BCUT2D eigenvalue weighted by Gasteiger charge is 2.21. The molecule has 3 aromatic carbocycles. The van der Waals surface area contributed by atoms with Crippen molar-refractivity contribution in [3.8, 4) is 5.75 Å². The smallest absolute Gasteiger partial charge is 0.256 e. The van der Waals surface area contributed by atoms with Crippen LogP contribution in [0.4, 0.5) is 15.8 Å². The number of halogens is 1. The largest absolute Gasteiger partial charge is 0.494 e. The fourth-order valence-corrected chi connectivity index (χ4v) is 3.99. The summed E-state index contributed by atoms with van der Waals surface area (Å²) in [6.45, 7) is 3.74. The number of para-hydroxylation sites is 1. The summed E-state index contributed by atoms with van der Waals surface area (Å²) < 4.78 is 24.5. The van der Waals surface area contributed by atoms with Crippen LogP contribution in [0.2, 0.25) is 0 Å². The topological polar surface area (TPSA) is 136 Å². The van der Waals surface area contributed by atoms with Gasteiger partial charge in [0.25, 0.3) is 11.5 Å². The predicted molar refractivity (Wildman–Crippen MR) is 141 cm³/mol. The number of nitrogens with two attached hydrogens (primary N) is 1. The highest BCUT2D eigenvalue weighted by molar-refractivity contribution is 6.13. The second-order valence-corrected chi connectivity index (χ2v) is 8.72. The van der Waals surface area contributed by atoms with Crippen molar-refractivity contribution in [1.82, 2.24) is 4.98 Å². The van der Waals surface area contributed by atoms with Crippen LogP contribution in [0.1, 0.15) is 24.2 Å². The van der Waals surface area contributed by atoms with Gasteiger partial charge >= 0.3 is 0 Å². The van der Waals surface area contributed by atoms with Crippen LogP contribution in [-0.2, 0) is 9.53 Å². The molecule has 0 fully saturated rings. The number of nitrogens with one attached hydrogen (secondary N) is 3. The number of rotatable bonds is 9. The van der Waals surface area contributed by atoms with Crippen LogP contribution in [0.15, 0.2) is 59.4 Å². The number of benzene rings is 3. The highest BCUT2D eigenvalue weighted by Crippen LogP contribution is 2.27. The van der Waals surface area contributed by atoms with Crippen molar-refractivity contribution in [3.05, 3.63) is 76.3 Å². The number of methoxy groups -OCH3 is 1. The Hall–Kier alpha value is -4.44.